The number of rotatable bonds is 7. The lowest BCUT2D eigenvalue weighted by atomic mass is 10.0. The summed E-state index contributed by atoms with van der Waals surface area (Å²) in [4.78, 5) is 0. The van der Waals surface area contributed by atoms with E-state index in [4.69, 9.17) is 9.47 Å². The number of benzene rings is 2. The van der Waals surface area contributed by atoms with E-state index < -0.39 is 6.10 Å². The average Bonchev–Trinajstić information content (AvgIpc) is 2.54. The summed E-state index contributed by atoms with van der Waals surface area (Å²) in [7, 11) is 3.30. The largest absolute Gasteiger partial charge is 0.497 e. The van der Waals surface area contributed by atoms with E-state index in [1.165, 1.54) is 0 Å². The molecule has 0 spiro atoms. The molecule has 2 atom stereocenters. The molecule has 0 aliphatic carbocycles. The molecule has 2 aromatic rings. The van der Waals surface area contributed by atoms with E-state index in [-0.39, 0.29) is 6.04 Å². The minimum absolute atomic E-state index is 0.0271. The van der Waals surface area contributed by atoms with Gasteiger partial charge in [-0.1, -0.05) is 12.1 Å². The summed E-state index contributed by atoms with van der Waals surface area (Å²) < 4.78 is 10.4. The van der Waals surface area contributed by atoms with Crippen molar-refractivity contribution >= 4 is 5.69 Å². The van der Waals surface area contributed by atoms with E-state index in [0.717, 1.165) is 22.7 Å². The standard InChI is InChI=1S/C18H23NO3/c1-13(20)12-18(14-4-8-16(21-2)9-5-14)19-15-6-10-17(22-3)11-7-15/h4-11,13,18-20H,12H2,1-3H3/t13-,18-/m0/s1. The summed E-state index contributed by atoms with van der Waals surface area (Å²) in [6, 6.07) is 15.7. The van der Waals surface area contributed by atoms with Gasteiger partial charge in [0.2, 0.25) is 0 Å². The molecular weight excluding hydrogens is 278 g/mol. The average molecular weight is 301 g/mol. The first-order chi connectivity index (χ1) is 10.6. The van der Waals surface area contributed by atoms with Crippen LogP contribution in [0.4, 0.5) is 5.69 Å². The third kappa shape index (κ3) is 4.40. The van der Waals surface area contributed by atoms with Gasteiger partial charge in [0.05, 0.1) is 26.4 Å². The van der Waals surface area contributed by atoms with E-state index in [0.29, 0.717) is 6.42 Å². The van der Waals surface area contributed by atoms with Crippen LogP contribution in [0.5, 0.6) is 11.5 Å². The van der Waals surface area contributed by atoms with Gasteiger partial charge in [-0.15, -0.1) is 0 Å². The number of methoxy groups -OCH3 is 2. The number of hydrogen-bond donors (Lipinski definition) is 2. The second kappa shape index (κ2) is 7.71. The predicted molar refractivity (Wildman–Crippen MR) is 88.6 cm³/mol. The fourth-order valence-corrected chi connectivity index (χ4v) is 2.34. The van der Waals surface area contributed by atoms with E-state index in [2.05, 4.69) is 5.32 Å². The van der Waals surface area contributed by atoms with Gasteiger partial charge < -0.3 is 19.9 Å². The van der Waals surface area contributed by atoms with Crippen LogP contribution in [0.15, 0.2) is 48.5 Å². The lowest BCUT2D eigenvalue weighted by Gasteiger charge is -2.22. The lowest BCUT2D eigenvalue weighted by Crippen LogP contribution is -2.16. The lowest BCUT2D eigenvalue weighted by molar-refractivity contribution is 0.177. The van der Waals surface area contributed by atoms with Crippen LogP contribution in [0, 0.1) is 0 Å². The van der Waals surface area contributed by atoms with Crippen LogP contribution in [0.25, 0.3) is 0 Å². The zero-order chi connectivity index (χ0) is 15.9. The highest BCUT2D eigenvalue weighted by atomic mass is 16.5. The summed E-state index contributed by atoms with van der Waals surface area (Å²) >= 11 is 0. The van der Waals surface area contributed by atoms with E-state index >= 15 is 0 Å². The van der Waals surface area contributed by atoms with Crippen LogP contribution in [0.2, 0.25) is 0 Å². The van der Waals surface area contributed by atoms with Crippen molar-refractivity contribution in [1.29, 1.82) is 0 Å². The van der Waals surface area contributed by atoms with E-state index in [9.17, 15) is 5.11 Å². The Morgan fingerprint density at radius 1 is 0.909 bits per heavy atom. The predicted octanol–water partition coefficient (Wildman–Crippen LogP) is 3.63. The smallest absolute Gasteiger partial charge is 0.119 e. The maximum Gasteiger partial charge on any atom is 0.119 e. The highest BCUT2D eigenvalue weighted by Gasteiger charge is 2.14. The minimum atomic E-state index is -0.391. The fraction of sp³-hybridized carbons (Fsp3) is 0.333. The molecule has 0 saturated carbocycles. The van der Waals surface area contributed by atoms with E-state index in [1.54, 1.807) is 21.1 Å². The first-order valence-electron chi connectivity index (χ1n) is 7.35. The van der Waals surface area contributed by atoms with Gasteiger partial charge in [-0.05, 0) is 55.3 Å². The molecule has 0 unspecified atom stereocenters. The van der Waals surface area contributed by atoms with Crippen molar-refractivity contribution < 1.29 is 14.6 Å². The molecule has 0 aliphatic heterocycles. The molecule has 0 fully saturated rings. The summed E-state index contributed by atoms with van der Waals surface area (Å²) in [5, 5.41) is 13.2. The zero-order valence-electron chi connectivity index (χ0n) is 13.2. The number of nitrogens with one attached hydrogen (secondary N) is 1. The van der Waals surface area contributed by atoms with E-state index in [1.807, 2.05) is 48.5 Å². The number of hydrogen-bond acceptors (Lipinski definition) is 4. The van der Waals surface area contributed by atoms with Crippen molar-refractivity contribution in [3.05, 3.63) is 54.1 Å². The molecular formula is C18H23NO3. The summed E-state index contributed by atoms with van der Waals surface area (Å²) in [5.74, 6) is 1.64. The Kier molecular flexibility index (Phi) is 5.67. The van der Waals surface area contributed by atoms with Crippen molar-refractivity contribution in [2.45, 2.75) is 25.5 Å². The quantitative estimate of drug-likeness (QED) is 0.820. The Bertz CT molecular complexity index is 564. The topological polar surface area (TPSA) is 50.7 Å². The highest BCUT2D eigenvalue weighted by molar-refractivity contribution is 5.48. The second-order valence-electron chi connectivity index (χ2n) is 5.28. The maximum absolute atomic E-state index is 9.76. The van der Waals surface area contributed by atoms with Crippen LogP contribution in [-0.4, -0.2) is 25.4 Å². The molecule has 118 valence electrons. The number of aliphatic hydroxyl groups excluding tert-OH is 1. The number of aliphatic hydroxyl groups is 1. The molecule has 4 heteroatoms. The van der Waals surface area contributed by atoms with Crippen LogP contribution in [0.1, 0.15) is 24.9 Å². The van der Waals surface area contributed by atoms with Crippen molar-refractivity contribution in [2.24, 2.45) is 0 Å². The van der Waals surface area contributed by atoms with Gasteiger partial charge in [0.1, 0.15) is 11.5 Å². The first-order valence-corrected chi connectivity index (χ1v) is 7.35. The minimum Gasteiger partial charge on any atom is -0.497 e. The third-order valence-electron chi connectivity index (χ3n) is 3.53. The van der Waals surface area contributed by atoms with Gasteiger partial charge >= 0.3 is 0 Å². The second-order valence-corrected chi connectivity index (χ2v) is 5.28. The molecule has 0 amide bonds. The van der Waals surface area contributed by atoms with Gasteiger partial charge in [0, 0.05) is 5.69 Å². The Morgan fingerprint density at radius 3 is 1.86 bits per heavy atom. The van der Waals surface area contributed by atoms with Crippen molar-refractivity contribution in [2.75, 3.05) is 19.5 Å². The van der Waals surface area contributed by atoms with Gasteiger partial charge in [-0.25, -0.2) is 0 Å². The molecule has 2 rings (SSSR count). The van der Waals surface area contributed by atoms with Crippen molar-refractivity contribution in [3.63, 3.8) is 0 Å². The summed E-state index contributed by atoms with van der Waals surface area (Å²) in [5.41, 5.74) is 2.10. The Balaban J connectivity index is 2.16. The molecule has 2 N–H and O–H groups in total. The molecule has 2 aromatic carbocycles. The molecule has 0 saturated heterocycles. The van der Waals surface area contributed by atoms with Crippen LogP contribution < -0.4 is 14.8 Å². The Morgan fingerprint density at radius 2 is 1.41 bits per heavy atom. The Labute approximate surface area is 131 Å². The van der Waals surface area contributed by atoms with Gasteiger partial charge in [0.25, 0.3) is 0 Å². The van der Waals surface area contributed by atoms with Gasteiger partial charge in [-0.3, -0.25) is 0 Å². The summed E-state index contributed by atoms with van der Waals surface area (Å²) in [6.07, 6.45) is 0.232. The zero-order valence-corrected chi connectivity index (χ0v) is 13.2. The van der Waals surface area contributed by atoms with Crippen LogP contribution >= 0.6 is 0 Å². The molecule has 0 aromatic heterocycles. The molecule has 0 aliphatic rings. The highest BCUT2D eigenvalue weighted by Crippen LogP contribution is 2.26. The molecule has 22 heavy (non-hydrogen) atoms. The normalized spacial score (nSPS) is 13.3. The van der Waals surface area contributed by atoms with Gasteiger partial charge in [0.15, 0.2) is 0 Å². The molecule has 0 radical (unpaired) electrons. The first kappa shape index (κ1) is 16.2. The van der Waals surface area contributed by atoms with Crippen LogP contribution in [0.3, 0.4) is 0 Å². The number of anilines is 1. The van der Waals surface area contributed by atoms with Gasteiger partial charge in [-0.2, -0.15) is 0 Å². The Hall–Kier alpha value is -2.20. The molecule has 4 nitrogen and oxygen atoms in total. The van der Waals surface area contributed by atoms with Crippen molar-refractivity contribution in [1.82, 2.24) is 0 Å². The molecule has 0 heterocycles. The third-order valence-corrected chi connectivity index (χ3v) is 3.53. The fourth-order valence-electron chi connectivity index (χ4n) is 2.34. The monoisotopic (exact) mass is 301 g/mol. The number of ether oxygens (including phenoxy) is 2. The molecule has 0 bridgehead atoms. The van der Waals surface area contributed by atoms with Crippen LogP contribution in [-0.2, 0) is 0 Å². The summed E-state index contributed by atoms with van der Waals surface area (Å²) in [6.45, 7) is 1.80. The van der Waals surface area contributed by atoms with Crippen molar-refractivity contribution in [3.8, 4) is 11.5 Å². The maximum atomic E-state index is 9.76. The SMILES string of the molecule is COc1ccc(N[C@@H](C[C@H](C)O)c2ccc(OC)cc2)cc1.